The van der Waals surface area contributed by atoms with Gasteiger partial charge in [0.05, 0.1) is 6.61 Å². The van der Waals surface area contributed by atoms with E-state index in [1.54, 1.807) is 0 Å². The summed E-state index contributed by atoms with van der Waals surface area (Å²) in [5.41, 5.74) is -1.55. The van der Waals surface area contributed by atoms with Crippen molar-refractivity contribution < 1.29 is 20.1 Å². The van der Waals surface area contributed by atoms with Crippen LogP contribution in [0.4, 0.5) is 0 Å². The summed E-state index contributed by atoms with van der Waals surface area (Å²) in [7, 11) is 0. The van der Waals surface area contributed by atoms with Crippen molar-refractivity contribution >= 4 is 0 Å². The van der Waals surface area contributed by atoms with Crippen LogP contribution in [0.5, 0.6) is 0 Å². The molecule has 0 saturated carbocycles. The highest BCUT2D eigenvalue weighted by molar-refractivity contribution is 4.85. The summed E-state index contributed by atoms with van der Waals surface area (Å²) >= 11 is 0. The van der Waals surface area contributed by atoms with Crippen LogP contribution < -0.4 is 11.2 Å². The minimum atomic E-state index is -1.52. The number of H-pyrrole nitrogens is 1. The summed E-state index contributed by atoms with van der Waals surface area (Å²) in [6.07, 6.45) is -4.61. The van der Waals surface area contributed by atoms with Crippen molar-refractivity contribution in [3.8, 4) is 0 Å². The number of nitrogens with zero attached hydrogens (tertiary/aromatic N) is 2. The summed E-state index contributed by atoms with van der Waals surface area (Å²) in [5, 5.41) is 31.8. The minimum Gasteiger partial charge on any atom is -0.388 e. The summed E-state index contributed by atoms with van der Waals surface area (Å²) in [6, 6.07) is 0. The first-order valence-electron chi connectivity index (χ1n) is 4.84. The van der Waals surface area contributed by atoms with E-state index in [0.29, 0.717) is 4.68 Å². The standard InChI is InChI=1S/C8H11N3O6/c12-3-2-17-7(6(15)5(3)14)11-8(16)10-4(13)1-9-11/h1,3,5-7,12,14-15H,2H2,(H,10,13,16)/t3-,5+,6-,7+/m0/s1. The molecule has 94 valence electrons. The summed E-state index contributed by atoms with van der Waals surface area (Å²) in [4.78, 5) is 24.1. The van der Waals surface area contributed by atoms with Gasteiger partial charge < -0.3 is 20.1 Å². The zero-order valence-electron chi connectivity index (χ0n) is 8.55. The van der Waals surface area contributed by atoms with E-state index in [0.717, 1.165) is 6.20 Å². The Morgan fingerprint density at radius 3 is 2.71 bits per heavy atom. The fraction of sp³-hybridized carbons (Fsp3) is 0.625. The second-order valence-electron chi connectivity index (χ2n) is 3.66. The Morgan fingerprint density at radius 2 is 2.06 bits per heavy atom. The average Bonchev–Trinajstić information content (AvgIpc) is 2.28. The monoisotopic (exact) mass is 245 g/mol. The quantitative estimate of drug-likeness (QED) is 0.403. The van der Waals surface area contributed by atoms with Gasteiger partial charge in [-0.05, 0) is 0 Å². The lowest BCUT2D eigenvalue weighted by Crippen LogP contribution is -2.53. The van der Waals surface area contributed by atoms with E-state index in [4.69, 9.17) is 4.74 Å². The Hall–Kier alpha value is -1.55. The number of ether oxygens (including phenoxy) is 1. The molecular weight excluding hydrogens is 234 g/mol. The average molecular weight is 245 g/mol. The van der Waals surface area contributed by atoms with Crippen molar-refractivity contribution in [1.82, 2.24) is 14.8 Å². The van der Waals surface area contributed by atoms with Gasteiger partial charge in [0.1, 0.15) is 24.5 Å². The lowest BCUT2D eigenvalue weighted by atomic mass is 10.0. The van der Waals surface area contributed by atoms with Crippen molar-refractivity contribution in [1.29, 1.82) is 0 Å². The van der Waals surface area contributed by atoms with Crippen LogP contribution in [0.3, 0.4) is 0 Å². The van der Waals surface area contributed by atoms with Crippen molar-refractivity contribution in [3.05, 3.63) is 27.0 Å². The molecule has 0 bridgehead atoms. The van der Waals surface area contributed by atoms with E-state index in [1.807, 2.05) is 4.98 Å². The van der Waals surface area contributed by atoms with Gasteiger partial charge in [-0.15, -0.1) is 0 Å². The van der Waals surface area contributed by atoms with Crippen molar-refractivity contribution in [2.24, 2.45) is 0 Å². The number of rotatable bonds is 1. The molecule has 1 aliphatic rings. The SMILES string of the molecule is O=c1cnn([C@@H]2OC[C@H](O)[C@@H](O)[C@@H]2O)c(=O)[nH]1. The second-order valence-corrected chi connectivity index (χ2v) is 3.66. The summed E-state index contributed by atoms with van der Waals surface area (Å²) in [6.45, 7) is -0.254. The van der Waals surface area contributed by atoms with E-state index in [2.05, 4.69) is 5.10 Å². The largest absolute Gasteiger partial charge is 0.388 e. The number of aliphatic hydroxyl groups excluding tert-OH is 3. The van der Waals surface area contributed by atoms with E-state index in [1.165, 1.54) is 0 Å². The van der Waals surface area contributed by atoms with Crippen LogP contribution in [0, 0.1) is 0 Å². The first-order chi connectivity index (χ1) is 8.00. The second kappa shape index (κ2) is 4.37. The molecule has 0 aromatic carbocycles. The number of aromatic nitrogens is 3. The van der Waals surface area contributed by atoms with Gasteiger partial charge in [-0.1, -0.05) is 0 Å². The highest BCUT2D eigenvalue weighted by Gasteiger charge is 2.39. The number of aromatic amines is 1. The molecule has 0 unspecified atom stereocenters. The van der Waals surface area contributed by atoms with Gasteiger partial charge in [-0.2, -0.15) is 9.78 Å². The van der Waals surface area contributed by atoms with Crippen LogP contribution in [0.1, 0.15) is 6.23 Å². The molecule has 2 heterocycles. The highest BCUT2D eigenvalue weighted by Crippen LogP contribution is 2.21. The first kappa shape index (κ1) is 11.9. The van der Waals surface area contributed by atoms with Gasteiger partial charge in [-0.3, -0.25) is 9.78 Å². The van der Waals surface area contributed by atoms with Crippen molar-refractivity contribution in [3.63, 3.8) is 0 Å². The van der Waals surface area contributed by atoms with Gasteiger partial charge in [0, 0.05) is 0 Å². The summed E-state index contributed by atoms with van der Waals surface area (Å²) < 4.78 is 5.69. The molecule has 1 fully saturated rings. The van der Waals surface area contributed by atoms with E-state index >= 15 is 0 Å². The van der Waals surface area contributed by atoms with Gasteiger partial charge in [-0.25, -0.2) is 4.79 Å². The molecule has 1 aromatic heterocycles. The molecule has 1 aromatic rings. The third-order valence-corrected chi connectivity index (χ3v) is 2.45. The fourth-order valence-corrected chi connectivity index (χ4v) is 1.55. The van der Waals surface area contributed by atoms with Crippen LogP contribution in [0.2, 0.25) is 0 Å². The van der Waals surface area contributed by atoms with Crippen molar-refractivity contribution in [2.75, 3.05) is 6.61 Å². The molecule has 4 atom stereocenters. The van der Waals surface area contributed by atoms with Crippen LogP contribution >= 0.6 is 0 Å². The topological polar surface area (TPSA) is 138 Å². The maximum absolute atomic E-state index is 11.4. The molecule has 1 aliphatic heterocycles. The molecule has 2 rings (SSSR count). The summed E-state index contributed by atoms with van der Waals surface area (Å²) in [5.74, 6) is 0. The lowest BCUT2D eigenvalue weighted by molar-refractivity contribution is -0.215. The molecule has 0 amide bonds. The van der Waals surface area contributed by atoms with Crippen LogP contribution in [-0.4, -0.2) is 55.0 Å². The molecule has 1 saturated heterocycles. The zero-order valence-corrected chi connectivity index (χ0v) is 8.55. The Bertz CT molecular complexity index is 510. The van der Waals surface area contributed by atoms with E-state index in [-0.39, 0.29) is 6.61 Å². The van der Waals surface area contributed by atoms with Crippen LogP contribution in [-0.2, 0) is 4.74 Å². The molecule has 0 aliphatic carbocycles. The first-order valence-corrected chi connectivity index (χ1v) is 4.84. The Labute approximate surface area is 93.9 Å². The number of hydrogen-bond donors (Lipinski definition) is 4. The molecular formula is C8H11N3O6. The third kappa shape index (κ3) is 2.13. The van der Waals surface area contributed by atoms with E-state index < -0.39 is 35.8 Å². The predicted octanol–water partition coefficient (Wildman–Crippen LogP) is -3.46. The smallest absolute Gasteiger partial charge is 0.347 e. The Morgan fingerprint density at radius 1 is 1.35 bits per heavy atom. The lowest BCUT2D eigenvalue weighted by Gasteiger charge is -2.34. The van der Waals surface area contributed by atoms with Crippen molar-refractivity contribution in [2.45, 2.75) is 24.5 Å². The normalized spacial score (nSPS) is 33.6. The van der Waals surface area contributed by atoms with Gasteiger partial charge in [0.15, 0.2) is 6.23 Å². The molecule has 9 nitrogen and oxygen atoms in total. The predicted molar refractivity (Wildman–Crippen MR) is 52.1 cm³/mol. The molecule has 9 heteroatoms. The number of aliphatic hydroxyl groups is 3. The Kier molecular flexibility index (Phi) is 3.07. The van der Waals surface area contributed by atoms with Crippen LogP contribution in [0.25, 0.3) is 0 Å². The minimum absolute atomic E-state index is 0.254. The molecule has 0 radical (unpaired) electrons. The third-order valence-electron chi connectivity index (χ3n) is 2.45. The zero-order chi connectivity index (χ0) is 12.6. The molecule has 4 N–H and O–H groups in total. The van der Waals surface area contributed by atoms with E-state index in [9.17, 15) is 24.9 Å². The highest BCUT2D eigenvalue weighted by atomic mass is 16.5. The maximum atomic E-state index is 11.4. The maximum Gasteiger partial charge on any atom is 0.347 e. The molecule has 17 heavy (non-hydrogen) atoms. The number of nitrogens with one attached hydrogen (secondary N) is 1. The van der Waals surface area contributed by atoms with Crippen LogP contribution in [0.15, 0.2) is 15.8 Å². The molecule has 0 spiro atoms. The number of hydrogen-bond acceptors (Lipinski definition) is 7. The van der Waals surface area contributed by atoms with Gasteiger partial charge in [0.25, 0.3) is 5.56 Å². The Balaban J connectivity index is 2.34. The van der Waals surface area contributed by atoms with Gasteiger partial charge >= 0.3 is 5.69 Å². The van der Waals surface area contributed by atoms with Gasteiger partial charge in [0.2, 0.25) is 0 Å². The fourth-order valence-electron chi connectivity index (χ4n) is 1.55.